The van der Waals surface area contributed by atoms with Crippen molar-refractivity contribution in [1.29, 1.82) is 0 Å². The van der Waals surface area contributed by atoms with E-state index < -0.39 is 0 Å². The molecule has 0 bridgehead atoms. The molecule has 108 valence electrons. The van der Waals surface area contributed by atoms with Crippen LogP contribution in [-0.4, -0.2) is 16.7 Å². The van der Waals surface area contributed by atoms with Crippen molar-refractivity contribution < 1.29 is 9.13 Å². The summed E-state index contributed by atoms with van der Waals surface area (Å²) < 4.78 is 20.7. The molecule has 1 atom stereocenters. The number of imidazole rings is 1. The van der Waals surface area contributed by atoms with E-state index in [1.165, 1.54) is 12.1 Å². The Labute approximate surface area is 122 Å². The SMILES string of the molecule is COc1cccc(-n2c([C@H](C)N)nc3ccc(F)cc32)c1. The first-order valence-electron chi connectivity index (χ1n) is 6.68. The fourth-order valence-electron chi connectivity index (χ4n) is 2.39. The number of aromatic nitrogens is 2. The van der Waals surface area contributed by atoms with Crippen LogP contribution in [0.4, 0.5) is 4.39 Å². The summed E-state index contributed by atoms with van der Waals surface area (Å²) in [6, 6.07) is 11.8. The van der Waals surface area contributed by atoms with Gasteiger partial charge in [0.25, 0.3) is 0 Å². The van der Waals surface area contributed by atoms with Crippen LogP contribution in [0.2, 0.25) is 0 Å². The predicted octanol–water partition coefficient (Wildman–Crippen LogP) is 3.19. The van der Waals surface area contributed by atoms with E-state index in [4.69, 9.17) is 10.5 Å². The van der Waals surface area contributed by atoms with Crippen molar-refractivity contribution in [1.82, 2.24) is 9.55 Å². The number of nitrogens with two attached hydrogens (primary N) is 1. The van der Waals surface area contributed by atoms with Gasteiger partial charge in [0.1, 0.15) is 17.4 Å². The van der Waals surface area contributed by atoms with Gasteiger partial charge in [0.2, 0.25) is 0 Å². The van der Waals surface area contributed by atoms with Gasteiger partial charge in [-0.25, -0.2) is 9.37 Å². The summed E-state index contributed by atoms with van der Waals surface area (Å²) in [5, 5.41) is 0. The van der Waals surface area contributed by atoms with Gasteiger partial charge in [-0.3, -0.25) is 4.57 Å². The van der Waals surface area contributed by atoms with Crippen LogP contribution in [0.1, 0.15) is 18.8 Å². The zero-order valence-electron chi connectivity index (χ0n) is 11.9. The topological polar surface area (TPSA) is 53.1 Å². The van der Waals surface area contributed by atoms with Crippen molar-refractivity contribution in [2.45, 2.75) is 13.0 Å². The Bertz CT molecular complexity index is 795. The van der Waals surface area contributed by atoms with Crippen LogP contribution in [0, 0.1) is 5.82 Å². The zero-order chi connectivity index (χ0) is 15.0. The third-order valence-electron chi connectivity index (χ3n) is 3.36. The largest absolute Gasteiger partial charge is 0.497 e. The summed E-state index contributed by atoms with van der Waals surface area (Å²) in [5.41, 5.74) is 8.26. The molecule has 3 aromatic rings. The van der Waals surface area contributed by atoms with E-state index >= 15 is 0 Å². The maximum Gasteiger partial charge on any atom is 0.131 e. The summed E-state index contributed by atoms with van der Waals surface area (Å²) in [6.07, 6.45) is 0. The molecular weight excluding hydrogens is 269 g/mol. The highest BCUT2D eigenvalue weighted by atomic mass is 19.1. The quantitative estimate of drug-likeness (QED) is 0.804. The monoisotopic (exact) mass is 285 g/mol. The number of benzene rings is 2. The lowest BCUT2D eigenvalue weighted by atomic mass is 10.2. The first-order chi connectivity index (χ1) is 10.1. The van der Waals surface area contributed by atoms with Crippen LogP contribution < -0.4 is 10.5 Å². The summed E-state index contributed by atoms with van der Waals surface area (Å²) in [7, 11) is 1.61. The second-order valence-electron chi connectivity index (χ2n) is 4.93. The van der Waals surface area contributed by atoms with Crippen LogP contribution in [0.5, 0.6) is 5.75 Å². The molecule has 0 amide bonds. The van der Waals surface area contributed by atoms with Crippen LogP contribution in [0.25, 0.3) is 16.7 Å². The number of hydrogen-bond acceptors (Lipinski definition) is 3. The van der Waals surface area contributed by atoms with Gasteiger partial charge in [0.05, 0.1) is 29.9 Å². The fourth-order valence-corrected chi connectivity index (χ4v) is 2.39. The molecule has 21 heavy (non-hydrogen) atoms. The summed E-state index contributed by atoms with van der Waals surface area (Å²) in [5.74, 6) is 1.10. The van der Waals surface area contributed by atoms with Crippen LogP contribution in [0.15, 0.2) is 42.5 Å². The normalized spacial score (nSPS) is 12.6. The van der Waals surface area contributed by atoms with E-state index in [9.17, 15) is 4.39 Å². The number of halogens is 1. The third-order valence-corrected chi connectivity index (χ3v) is 3.36. The molecule has 5 heteroatoms. The summed E-state index contributed by atoms with van der Waals surface area (Å²) in [4.78, 5) is 4.52. The lowest BCUT2D eigenvalue weighted by Gasteiger charge is -2.12. The van der Waals surface area contributed by atoms with E-state index in [0.29, 0.717) is 16.9 Å². The predicted molar refractivity (Wildman–Crippen MR) is 80.2 cm³/mol. The van der Waals surface area contributed by atoms with Crippen molar-refractivity contribution in [2.75, 3.05) is 7.11 Å². The van der Waals surface area contributed by atoms with Gasteiger partial charge < -0.3 is 10.5 Å². The van der Waals surface area contributed by atoms with Crippen molar-refractivity contribution >= 4 is 11.0 Å². The fraction of sp³-hybridized carbons (Fsp3) is 0.188. The average molecular weight is 285 g/mol. The van der Waals surface area contributed by atoms with Crippen LogP contribution in [-0.2, 0) is 0 Å². The number of fused-ring (bicyclic) bond motifs is 1. The molecule has 2 N–H and O–H groups in total. The zero-order valence-corrected chi connectivity index (χ0v) is 11.9. The molecule has 0 aliphatic heterocycles. The van der Waals surface area contributed by atoms with Crippen molar-refractivity contribution in [2.24, 2.45) is 5.73 Å². The molecule has 0 aliphatic rings. The molecule has 0 unspecified atom stereocenters. The number of ether oxygens (including phenoxy) is 1. The van der Waals surface area contributed by atoms with E-state index in [-0.39, 0.29) is 11.9 Å². The lowest BCUT2D eigenvalue weighted by molar-refractivity contribution is 0.414. The second kappa shape index (κ2) is 5.18. The molecule has 0 saturated carbocycles. The standard InChI is InChI=1S/C16H16FN3O/c1-10(18)16-19-14-7-6-11(17)8-15(14)20(16)12-4-3-5-13(9-12)21-2/h3-10H,18H2,1-2H3/t10-/m0/s1. The van der Waals surface area contributed by atoms with Gasteiger partial charge in [0, 0.05) is 12.1 Å². The average Bonchev–Trinajstić information content (AvgIpc) is 2.86. The van der Waals surface area contributed by atoms with E-state index in [1.807, 2.05) is 35.8 Å². The van der Waals surface area contributed by atoms with Crippen LogP contribution in [0.3, 0.4) is 0 Å². The van der Waals surface area contributed by atoms with Gasteiger partial charge in [-0.2, -0.15) is 0 Å². The smallest absolute Gasteiger partial charge is 0.131 e. The highest BCUT2D eigenvalue weighted by Gasteiger charge is 2.16. The van der Waals surface area contributed by atoms with Gasteiger partial charge in [-0.15, -0.1) is 0 Å². The van der Waals surface area contributed by atoms with E-state index in [2.05, 4.69) is 4.98 Å². The molecule has 0 saturated heterocycles. The third kappa shape index (κ3) is 2.36. The number of hydrogen-bond donors (Lipinski definition) is 1. The first kappa shape index (κ1) is 13.6. The van der Waals surface area contributed by atoms with Gasteiger partial charge in [-0.1, -0.05) is 6.07 Å². The molecule has 0 aliphatic carbocycles. The van der Waals surface area contributed by atoms with Crippen molar-refractivity contribution in [3.63, 3.8) is 0 Å². The van der Waals surface area contributed by atoms with Crippen LogP contribution >= 0.6 is 0 Å². The molecule has 2 aromatic carbocycles. The van der Waals surface area contributed by atoms with Crippen molar-refractivity contribution in [3.8, 4) is 11.4 Å². The molecule has 4 nitrogen and oxygen atoms in total. The Balaban J connectivity index is 2.32. The van der Waals surface area contributed by atoms with E-state index in [0.717, 1.165) is 11.4 Å². The Morgan fingerprint density at radius 3 is 2.76 bits per heavy atom. The summed E-state index contributed by atoms with van der Waals surface area (Å²) in [6.45, 7) is 1.86. The number of rotatable bonds is 3. The Kier molecular flexibility index (Phi) is 3.35. The molecule has 0 radical (unpaired) electrons. The minimum absolute atomic E-state index is 0.272. The number of methoxy groups -OCH3 is 1. The molecule has 1 heterocycles. The van der Waals surface area contributed by atoms with Crippen molar-refractivity contribution in [3.05, 3.63) is 54.1 Å². The maximum atomic E-state index is 13.6. The molecule has 1 aromatic heterocycles. The molecule has 0 fully saturated rings. The number of nitrogens with zero attached hydrogens (tertiary/aromatic N) is 2. The molecule has 3 rings (SSSR count). The Hall–Kier alpha value is -2.40. The second-order valence-corrected chi connectivity index (χ2v) is 4.93. The van der Waals surface area contributed by atoms with Gasteiger partial charge in [-0.05, 0) is 31.2 Å². The summed E-state index contributed by atoms with van der Waals surface area (Å²) >= 11 is 0. The van der Waals surface area contributed by atoms with Gasteiger partial charge in [0.15, 0.2) is 0 Å². The maximum absolute atomic E-state index is 13.6. The van der Waals surface area contributed by atoms with Gasteiger partial charge >= 0.3 is 0 Å². The highest BCUT2D eigenvalue weighted by Crippen LogP contribution is 2.27. The lowest BCUT2D eigenvalue weighted by Crippen LogP contribution is -2.12. The molecular formula is C16H16FN3O. The Morgan fingerprint density at radius 1 is 1.24 bits per heavy atom. The van der Waals surface area contributed by atoms with E-state index in [1.54, 1.807) is 13.2 Å². The minimum Gasteiger partial charge on any atom is -0.497 e. The first-order valence-corrected chi connectivity index (χ1v) is 6.68. The minimum atomic E-state index is -0.303. The molecule has 0 spiro atoms. The Morgan fingerprint density at radius 2 is 2.05 bits per heavy atom. The highest BCUT2D eigenvalue weighted by molar-refractivity contribution is 5.78.